The van der Waals surface area contributed by atoms with Gasteiger partial charge in [-0.3, -0.25) is 15.1 Å². The van der Waals surface area contributed by atoms with Gasteiger partial charge in [0.05, 0.1) is 12.5 Å². The molecule has 202 valence electrons. The van der Waals surface area contributed by atoms with Crippen molar-refractivity contribution in [1.82, 2.24) is 15.6 Å². The monoisotopic (exact) mass is 533 g/mol. The quantitative estimate of drug-likeness (QED) is 0.0917. The number of aliphatic carboxylic acids is 2. The zero-order valence-corrected chi connectivity index (χ0v) is 20.2. The number of ether oxygens (including phenoxy) is 1. The molecule has 3 rings (SSSR count). The van der Waals surface area contributed by atoms with E-state index < -0.39 is 24.0 Å². The number of fused-ring (bicyclic) bond motifs is 1. The molecule has 0 aliphatic carbocycles. The summed E-state index contributed by atoms with van der Waals surface area (Å²) < 4.78 is 37.5. The highest BCUT2D eigenvalue weighted by molar-refractivity contribution is 5.86. The van der Waals surface area contributed by atoms with Crippen LogP contribution >= 0.6 is 0 Å². The second-order valence-electron chi connectivity index (χ2n) is 7.77. The third-order valence-electron chi connectivity index (χ3n) is 5.19. The Morgan fingerprint density at radius 2 is 1.87 bits per heavy atom. The third kappa shape index (κ3) is 9.05. The lowest BCUT2D eigenvalue weighted by molar-refractivity contribution is -0.192. The predicted octanol–water partition coefficient (Wildman–Crippen LogP) is 3.63. The fraction of sp³-hybridized carbons (Fsp3) is 0.280. The zero-order chi connectivity index (χ0) is 28.1. The summed E-state index contributed by atoms with van der Waals surface area (Å²) in [6, 6.07) is 15.1. The molecule has 5 N–H and O–H groups in total. The van der Waals surface area contributed by atoms with Crippen molar-refractivity contribution in [2.24, 2.45) is 4.99 Å². The number of H-pyrrole nitrogens is 1. The molecule has 0 radical (unpaired) electrons. The Hall–Kier alpha value is -4.73. The van der Waals surface area contributed by atoms with Crippen LogP contribution in [0.4, 0.5) is 13.2 Å². The minimum Gasteiger partial charge on any atom is -0.493 e. The number of hydrogen-bond donors (Lipinski definition) is 5. The normalized spacial score (nSPS) is 12.0. The fourth-order valence-electron chi connectivity index (χ4n) is 3.38. The lowest BCUT2D eigenvalue weighted by atomic mass is 9.92. The Balaban J connectivity index is 0.000000638. The number of alkyl halides is 3. The summed E-state index contributed by atoms with van der Waals surface area (Å²) >= 11 is 0. The number of carboxylic acids is 2. The maximum absolute atomic E-state index is 11.8. The van der Waals surface area contributed by atoms with Crippen molar-refractivity contribution in [2.45, 2.75) is 24.9 Å². The van der Waals surface area contributed by atoms with Crippen molar-refractivity contribution >= 4 is 28.8 Å². The number of aromatic amines is 1. The fourth-order valence-corrected chi connectivity index (χ4v) is 3.38. The Morgan fingerprint density at radius 1 is 1.18 bits per heavy atom. The number of carboxylic acid groups (broad SMARTS) is 2. The summed E-state index contributed by atoms with van der Waals surface area (Å²) in [7, 11) is 1.60. The van der Waals surface area contributed by atoms with Gasteiger partial charge in [-0.05, 0) is 36.1 Å². The van der Waals surface area contributed by atoms with Crippen molar-refractivity contribution in [2.75, 3.05) is 20.2 Å². The first-order valence-corrected chi connectivity index (χ1v) is 11.2. The van der Waals surface area contributed by atoms with Gasteiger partial charge in [0, 0.05) is 36.8 Å². The summed E-state index contributed by atoms with van der Waals surface area (Å²) in [6.07, 6.45) is -0.257. The van der Waals surface area contributed by atoms with Crippen molar-refractivity contribution < 1.29 is 37.7 Å². The molecular formula is C25H26F3N5O5. The molecule has 0 aliphatic rings. The largest absolute Gasteiger partial charge is 0.493 e. The van der Waals surface area contributed by atoms with E-state index in [1.165, 1.54) is 0 Å². The highest BCUT2D eigenvalue weighted by atomic mass is 19.4. The first-order chi connectivity index (χ1) is 18.1. The average Bonchev–Trinajstić information content (AvgIpc) is 3.28. The second-order valence-corrected chi connectivity index (χ2v) is 7.77. The Bertz CT molecular complexity index is 1290. The van der Waals surface area contributed by atoms with Crippen molar-refractivity contribution in [3.8, 4) is 11.9 Å². The topological polar surface area (TPSA) is 160 Å². The van der Waals surface area contributed by atoms with Crippen LogP contribution in [0.1, 0.15) is 23.5 Å². The van der Waals surface area contributed by atoms with Gasteiger partial charge in [-0.15, -0.1) is 0 Å². The molecule has 0 spiro atoms. The number of hydrogen-bond acceptors (Lipinski definition) is 5. The van der Waals surface area contributed by atoms with Gasteiger partial charge in [0.1, 0.15) is 5.75 Å². The first-order valence-electron chi connectivity index (χ1n) is 11.2. The van der Waals surface area contributed by atoms with Gasteiger partial charge < -0.3 is 25.3 Å². The average molecular weight is 534 g/mol. The number of halogens is 3. The molecule has 0 amide bonds. The standard InChI is InChI=1S/C23H25N5O3.C2HF3O2/c1-25-23(28-15-24)26-10-5-11-31-18-8-9-19-17(14-27-21(19)13-18)12-20(22(29)30)16-6-3-2-4-7-16;3-2(4,5)1(6)7/h2-4,6-9,13-14,20,27H,5,10-12H2,1H3,(H,29,30)(H2,25,26,28);(H,6,7). The number of nitriles is 1. The number of nitrogens with zero attached hydrogens (tertiary/aromatic N) is 2. The first kappa shape index (κ1) is 29.5. The number of carbonyl (C=O) groups is 2. The molecule has 38 heavy (non-hydrogen) atoms. The zero-order valence-electron chi connectivity index (χ0n) is 20.2. The van der Waals surface area contributed by atoms with Gasteiger partial charge in [0.25, 0.3) is 0 Å². The van der Waals surface area contributed by atoms with Gasteiger partial charge in [0.2, 0.25) is 5.96 Å². The molecule has 0 bridgehead atoms. The SMILES string of the molecule is CN=C(NC#N)NCCCOc1ccc2c(CC(C(=O)O)c3ccccc3)c[nH]c2c1.O=C(O)C(F)(F)F. The van der Waals surface area contributed by atoms with E-state index in [1.807, 2.05) is 60.9 Å². The molecule has 3 aromatic rings. The Kier molecular flexibility index (Phi) is 11.0. The molecule has 2 aromatic carbocycles. The molecule has 1 aromatic heterocycles. The number of rotatable bonds is 9. The predicted molar refractivity (Wildman–Crippen MR) is 133 cm³/mol. The highest BCUT2D eigenvalue weighted by Gasteiger charge is 2.38. The van der Waals surface area contributed by atoms with Crippen molar-refractivity contribution in [1.29, 1.82) is 5.26 Å². The maximum Gasteiger partial charge on any atom is 0.490 e. The second kappa shape index (κ2) is 14.1. The van der Waals surface area contributed by atoms with Crippen LogP contribution in [0, 0.1) is 11.5 Å². The van der Waals surface area contributed by atoms with Gasteiger partial charge >= 0.3 is 18.1 Å². The van der Waals surface area contributed by atoms with E-state index in [2.05, 4.69) is 20.6 Å². The third-order valence-corrected chi connectivity index (χ3v) is 5.19. The van der Waals surface area contributed by atoms with Gasteiger partial charge in [-0.2, -0.15) is 18.4 Å². The number of aromatic nitrogens is 1. The van der Waals surface area contributed by atoms with Gasteiger partial charge in [-0.25, -0.2) is 4.79 Å². The van der Waals surface area contributed by atoms with E-state index in [9.17, 15) is 23.1 Å². The summed E-state index contributed by atoms with van der Waals surface area (Å²) in [4.78, 5) is 27.9. The van der Waals surface area contributed by atoms with Crippen LogP contribution in [-0.4, -0.2) is 59.5 Å². The summed E-state index contributed by atoms with van der Waals surface area (Å²) in [5.74, 6) is -3.03. The van der Waals surface area contributed by atoms with E-state index in [0.717, 1.165) is 34.2 Å². The van der Waals surface area contributed by atoms with E-state index in [0.29, 0.717) is 25.5 Å². The maximum atomic E-state index is 11.8. The lowest BCUT2D eigenvalue weighted by Gasteiger charge is -2.12. The van der Waals surface area contributed by atoms with Crippen LogP contribution in [-0.2, 0) is 16.0 Å². The van der Waals surface area contributed by atoms with E-state index >= 15 is 0 Å². The minimum absolute atomic E-state index is 0.406. The summed E-state index contributed by atoms with van der Waals surface area (Å²) in [6.45, 7) is 1.12. The van der Waals surface area contributed by atoms with Crippen LogP contribution in [0.3, 0.4) is 0 Å². The minimum atomic E-state index is -5.08. The summed E-state index contributed by atoms with van der Waals surface area (Å²) in [5, 5.41) is 31.9. The molecule has 0 aliphatic heterocycles. The van der Waals surface area contributed by atoms with Crippen LogP contribution < -0.4 is 15.4 Å². The number of aliphatic imine (C=N–C) groups is 1. The van der Waals surface area contributed by atoms with Crippen LogP contribution in [0.15, 0.2) is 59.7 Å². The van der Waals surface area contributed by atoms with E-state index in [4.69, 9.17) is 19.9 Å². The molecular weight excluding hydrogens is 507 g/mol. The molecule has 0 saturated heterocycles. The molecule has 13 heteroatoms. The van der Waals surface area contributed by atoms with E-state index in [-0.39, 0.29) is 0 Å². The van der Waals surface area contributed by atoms with Crippen LogP contribution in [0.25, 0.3) is 10.9 Å². The lowest BCUT2D eigenvalue weighted by Crippen LogP contribution is -2.35. The Labute approximate surface area is 215 Å². The number of benzene rings is 2. The van der Waals surface area contributed by atoms with E-state index in [1.54, 1.807) is 7.05 Å². The van der Waals surface area contributed by atoms with Gasteiger partial charge in [-0.1, -0.05) is 30.3 Å². The molecule has 1 atom stereocenters. The van der Waals surface area contributed by atoms with Crippen LogP contribution in [0.2, 0.25) is 0 Å². The van der Waals surface area contributed by atoms with Crippen molar-refractivity contribution in [3.63, 3.8) is 0 Å². The molecule has 1 unspecified atom stereocenters. The Morgan fingerprint density at radius 3 is 2.45 bits per heavy atom. The molecule has 0 fully saturated rings. The highest BCUT2D eigenvalue weighted by Crippen LogP contribution is 2.28. The number of nitrogens with one attached hydrogen (secondary N) is 3. The smallest absolute Gasteiger partial charge is 0.490 e. The van der Waals surface area contributed by atoms with Gasteiger partial charge in [0.15, 0.2) is 6.19 Å². The number of guanidine groups is 1. The molecule has 0 saturated carbocycles. The molecule has 10 nitrogen and oxygen atoms in total. The molecule has 1 heterocycles. The van der Waals surface area contributed by atoms with Crippen LogP contribution in [0.5, 0.6) is 5.75 Å². The van der Waals surface area contributed by atoms with Crippen molar-refractivity contribution in [3.05, 3.63) is 65.9 Å². The summed E-state index contributed by atoms with van der Waals surface area (Å²) in [5.41, 5.74) is 2.65.